The van der Waals surface area contributed by atoms with Crippen molar-refractivity contribution >= 4 is 42.1 Å². The van der Waals surface area contributed by atoms with Gasteiger partial charge in [0.25, 0.3) is 0 Å². The number of nitrogens with one attached hydrogen (secondary N) is 1. The summed E-state index contributed by atoms with van der Waals surface area (Å²) in [6, 6.07) is 13.0. The topological polar surface area (TPSA) is 170 Å². The largest absolute Gasteiger partial charge is 0.491 e. The average Bonchev–Trinajstić information content (AvgIpc) is 3.18. The Hall–Kier alpha value is -3.70. The zero-order valence-corrected chi connectivity index (χ0v) is 19.1. The summed E-state index contributed by atoms with van der Waals surface area (Å²) >= 11 is 0. The normalized spacial score (nSPS) is 16.9. The second-order valence-corrected chi connectivity index (χ2v) is 8.65. The van der Waals surface area contributed by atoms with Crippen molar-refractivity contribution in [3.8, 4) is 0 Å². The summed E-state index contributed by atoms with van der Waals surface area (Å²) < 4.78 is 5.13. The van der Waals surface area contributed by atoms with Crippen LogP contribution in [0.5, 0.6) is 0 Å². The van der Waals surface area contributed by atoms with E-state index in [9.17, 15) is 39.5 Å². The van der Waals surface area contributed by atoms with Crippen molar-refractivity contribution in [2.45, 2.75) is 26.4 Å². The molecule has 0 saturated carbocycles. The van der Waals surface area contributed by atoms with Crippen LogP contribution in [0.4, 0.5) is 5.69 Å². The highest BCUT2D eigenvalue weighted by molar-refractivity contribution is 6.61. The Bertz CT molecular complexity index is 1120. The van der Waals surface area contributed by atoms with E-state index in [1.807, 2.05) is 0 Å². The second-order valence-electron chi connectivity index (χ2n) is 8.65. The summed E-state index contributed by atoms with van der Waals surface area (Å²) in [5.74, 6) is -12.9. The standard InChI is InChI=1S/C24H26BNO9/c1-12(14-6-4-3-5-7-14)18(23(30)31)20(19(24(32)33)13(2)22(28)29)21(27)26-16-9-8-15-11-35-25(34)17(15)10-16/h3-10,12-13,18-20,34H,11H2,1-2H3,(H,26,27)(H,28,29)(H,30,31)(H,32,33). The maximum Gasteiger partial charge on any atom is 0.491 e. The molecule has 0 saturated heterocycles. The number of fused-ring (bicyclic) bond motifs is 1. The number of rotatable bonds is 10. The minimum atomic E-state index is -1.83. The number of carboxylic acids is 3. The van der Waals surface area contributed by atoms with Crippen LogP contribution in [0, 0.1) is 23.7 Å². The number of amides is 1. The van der Waals surface area contributed by atoms with Crippen LogP contribution in [0.25, 0.3) is 0 Å². The van der Waals surface area contributed by atoms with Gasteiger partial charge in [0.2, 0.25) is 5.91 Å². The van der Waals surface area contributed by atoms with Crippen molar-refractivity contribution in [2.75, 3.05) is 5.32 Å². The smallest absolute Gasteiger partial charge is 0.481 e. The quantitative estimate of drug-likeness (QED) is 0.313. The van der Waals surface area contributed by atoms with E-state index in [0.29, 0.717) is 16.6 Å². The molecule has 1 aliphatic rings. The van der Waals surface area contributed by atoms with E-state index in [4.69, 9.17) is 4.65 Å². The minimum absolute atomic E-state index is 0.181. The van der Waals surface area contributed by atoms with E-state index in [-0.39, 0.29) is 12.3 Å². The molecule has 0 aliphatic carbocycles. The molecule has 184 valence electrons. The van der Waals surface area contributed by atoms with Gasteiger partial charge in [0, 0.05) is 5.69 Å². The van der Waals surface area contributed by atoms with E-state index >= 15 is 0 Å². The molecule has 5 N–H and O–H groups in total. The fraction of sp³-hybridized carbons (Fsp3) is 0.333. The predicted octanol–water partition coefficient (Wildman–Crippen LogP) is 1.39. The Morgan fingerprint density at radius 2 is 1.51 bits per heavy atom. The van der Waals surface area contributed by atoms with E-state index < -0.39 is 60.5 Å². The number of hydrogen-bond acceptors (Lipinski definition) is 6. The van der Waals surface area contributed by atoms with Crippen LogP contribution in [0.3, 0.4) is 0 Å². The van der Waals surface area contributed by atoms with Crippen LogP contribution in [-0.2, 0) is 30.4 Å². The monoisotopic (exact) mass is 483 g/mol. The third-order valence-corrected chi connectivity index (χ3v) is 6.52. The fourth-order valence-corrected chi connectivity index (χ4v) is 4.54. The molecule has 10 nitrogen and oxygen atoms in total. The third kappa shape index (κ3) is 5.52. The molecule has 5 atom stereocenters. The molecule has 1 heterocycles. The second kappa shape index (κ2) is 10.7. The zero-order chi connectivity index (χ0) is 25.9. The van der Waals surface area contributed by atoms with Gasteiger partial charge in [0.05, 0.1) is 30.3 Å². The number of hydrogen-bond donors (Lipinski definition) is 5. The van der Waals surface area contributed by atoms with Crippen LogP contribution in [0.2, 0.25) is 0 Å². The molecule has 1 aliphatic heterocycles. The molecule has 0 bridgehead atoms. The van der Waals surface area contributed by atoms with Crippen molar-refractivity contribution in [3.05, 3.63) is 59.7 Å². The first-order chi connectivity index (χ1) is 16.5. The first-order valence-electron chi connectivity index (χ1n) is 11.0. The molecule has 3 rings (SSSR count). The van der Waals surface area contributed by atoms with Crippen LogP contribution in [0.1, 0.15) is 30.9 Å². The molecule has 0 aromatic heterocycles. The van der Waals surface area contributed by atoms with E-state index in [0.717, 1.165) is 6.92 Å². The molecule has 2 aromatic rings. The first kappa shape index (κ1) is 25.9. The number of carboxylic acid groups (broad SMARTS) is 3. The summed E-state index contributed by atoms with van der Waals surface area (Å²) in [6.45, 7) is 2.87. The molecule has 0 spiro atoms. The molecule has 35 heavy (non-hydrogen) atoms. The van der Waals surface area contributed by atoms with E-state index in [1.165, 1.54) is 12.1 Å². The van der Waals surface area contributed by atoms with Gasteiger partial charge in [0.15, 0.2) is 0 Å². The molecule has 1 amide bonds. The SMILES string of the molecule is CC(C(=O)O)C(C(=O)O)C(C(=O)Nc1ccc2c(c1)B(O)OC2)C(C(=O)O)C(C)c1ccccc1. The van der Waals surface area contributed by atoms with Gasteiger partial charge < -0.3 is 30.3 Å². The van der Waals surface area contributed by atoms with Crippen LogP contribution >= 0.6 is 0 Å². The Balaban J connectivity index is 2.06. The lowest BCUT2D eigenvalue weighted by molar-refractivity contribution is -0.162. The maximum absolute atomic E-state index is 13.5. The highest BCUT2D eigenvalue weighted by Crippen LogP contribution is 2.38. The minimum Gasteiger partial charge on any atom is -0.481 e. The summed E-state index contributed by atoms with van der Waals surface area (Å²) in [5.41, 5.74) is 1.87. The lowest BCUT2D eigenvalue weighted by Crippen LogP contribution is -2.47. The Labute approximate surface area is 201 Å². The Morgan fingerprint density at radius 1 is 0.886 bits per heavy atom. The van der Waals surface area contributed by atoms with Crippen LogP contribution in [0.15, 0.2) is 48.5 Å². The highest BCUT2D eigenvalue weighted by Gasteiger charge is 2.49. The van der Waals surface area contributed by atoms with Gasteiger partial charge >= 0.3 is 25.0 Å². The summed E-state index contributed by atoms with van der Waals surface area (Å²) in [7, 11) is -1.19. The number of benzene rings is 2. The maximum atomic E-state index is 13.5. The average molecular weight is 483 g/mol. The van der Waals surface area contributed by atoms with Crippen molar-refractivity contribution in [3.63, 3.8) is 0 Å². The van der Waals surface area contributed by atoms with Crippen LogP contribution in [-0.4, -0.2) is 51.3 Å². The number of carbonyl (C=O) groups excluding carboxylic acids is 1. The lowest BCUT2D eigenvalue weighted by Gasteiger charge is -2.33. The molecular formula is C24H26BNO9. The molecular weight excluding hydrogens is 457 g/mol. The highest BCUT2D eigenvalue weighted by atomic mass is 16.5. The molecule has 0 radical (unpaired) electrons. The predicted molar refractivity (Wildman–Crippen MR) is 125 cm³/mol. The van der Waals surface area contributed by atoms with Crippen molar-refractivity contribution < 1.29 is 44.2 Å². The summed E-state index contributed by atoms with van der Waals surface area (Å²) in [6.07, 6.45) is 0. The summed E-state index contributed by atoms with van der Waals surface area (Å²) in [5, 5.41) is 42.1. The van der Waals surface area contributed by atoms with Gasteiger partial charge in [-0.2, -0.15) is 0 Å². The Kier molecular flexibility index (Phi) is 7.93. The first-order valence-corrected chi connectivity index (χ1v) is 11.0. The van der Waals surface area contributed by atoms with Crippen molar-refractivity contribution in [2.24, 2.45) is 23.7 Å². The van der Waals surface area contributed by atoms with Gasteiger partial charge in [-0.25, -0.2) is 0 Å². The molecule has 2 aromatic carbocycles. The molecule has 5 unspecified atom stereocenters. The van der Waals surface area contributed by atoms with Gasteiger partial charge in [-0.05, 0) is 34.6 Å². The molecule has 11 heteroatoms. The van der Waals surface area contributed by atoms with E-state index in [2.05, 4.69) is 5.32 Å². The van der Waals surface area contributed by atoms with Gasteiger partial charge in [-0.3, -0.25) is 19.2 Å². The molecule has 0 fully saturated rings. The lowest BCUT2D eigenvalue weighted by atomic mass is 9.69. The Morgan fingerprint density at radius 3 is 2.09 bits per heavy atom. The van der Waals surface area contributed by atoms with Gasteiger partial charge in [-0.15, -0.1) is 0 Å². The van der Waals surface area contributed by atoms with Crippen LogP contribution < -0.4 is 10.8 Å². The number of anilines is 1. The zero-order valence-electron chi connectivity index (χ0n) is 19.1. The fourth-order valence-electron chi connectivity index (χ4n) is 4.54. The number of aliphatic carboxylic acids is 3. The van der Waals surface area contributed by atoms with Crippen molar-refractivity contribution in [1.82, 2.24) is 0 Å². The van der Waals surface area contributed by atoms with Gasteiger partial charge in [-0.1, -0.05) is 50.2 Å². The third-order valence-electron chi connectivity index (χ3n) is 6.52. The summed E-state index contributed by atoms with van der Waals surface area (Å²) in [4.78, 5) is 50.0. The van der Waals surface area contributed by atoms with Gasteiger partial charge in [0.1, 0.15) is 0 Å². The number of carbonyl (C=O) groups is 4. The van der Waals surface area contributed by atoms with Crippen molar-refractivity contribution in [1.29, 1.82) is 0 Å². The van der Waals surface area contributed by atoms with E-state index in [1.54, 1.807) is 43.3 Å².